The zero-order chi connectivity index (χ0) is 10.3. The van der Waals surface area contributed by atoms with Gasteiger partial charge in [-0.1, -0.05) is 20.3 Å². The smallest absolute Gasteiger partial charge is 0.304 e. The van der Waals surface area contributed by atoms with E-state index >= 15 is 0 Å². The van der Waals surface area contributed by atoms with Gasteiger partial charge in [0, 0.05) is 6.04 Å². The Balaban J connectivity index is 3.83. The molecule has 0 aliphatic carbocycles. The van der Waals surface area contributed by atoms with Gasteiger partial charge in [-0.25, -0.2) is 0 Å². The van der Waals surface area contributed by atoms with Crippen molar-refractivity contribution in [3.8, 4) is 0 Å². The molecule has 0 saturated carbocycles. The van der Waals surface area contributed by atoms with Crippen LogP contribution in [-0.4, -0.2) is 35.1 Å². The number of hydrogen-bond acceptors (Lipinski definition) is 2. The maximum Gasteiger partial charge on any atom is 0.304 e. The Kier molecular flexibility index (Phi) is 6.59. The average Bonchev–Trinajstić information content (AvgIpc) is 2.04. The Morgan fingerprint density at radius 2 is 2.08 bits per heavy atom. The normalized spacial score (nSPS) is 13.2. The van der Waals surface area contributed by atoms with Gasteiger partial charge in [-0.05, 0) is 26.4 Å². The SMILES string of the molecule is CCCCN(CC)C(C)CC(=O)O. The first-order valence-electron chi connectivity index (χ1n) is 5.07. The number of carbonyl (C=O) groups is 1. The number of unbranched alkanes of at least 4 members (excludes halogenated alkanes) is 1. The fourth-order valence-electron chi connectivity index (χ4n) is 1.43. The molecular weight excluding hydrogens is 166 g/mol. The molecular formula is C10H21NO2. The molecule has 0 aliphatic rings. The highest BCUT2D eigenvalue weighted by molar-refractivity contribution is 5.67. The van der Waals surface area contributed by atoms with E-state index in [-0.39, 0.29) is 12.5 Å². The summed E-state index contributed by atoms with van der Waals surface area (Å²) in [5.41, 5.74) is 0. The molecule has 78 valence electrons. The third-order valence-electron chi connectivity index (χ3n) is 2.30. The van der Waals surface area contributed by atoms with Crippen LogP contribution in [0.3, 0.4) is 0 Å². The van der Waals surface area contributed by atoms with Crippen molar-refractivity contribution >= 4 is 5.97 Å². The van der Waals surface area contributed by atoms with Gasteiger partial charge < -0.3 is 10.0 Å². The standard InChI is InChI=1S/C10H21NO2/c1-4-6-7-11(5-2)9(3)8-10(12)13/h9H,4-8H2,1-3H3,(H,12,13). The molecule has 3 nitrogen and oxygen atoms in total. The van der Waals surface area contributed by atoms with Gasteiger partial charge >= 0.3 is 5.97 Å². The molecule has 0 saturated heterocycles. The molecule has 0 spiro atoms. The summed E-state index contributed by atoms with van der Waals surface area (Å²) < 4.78 is 0. The summed E-state index contributed by atoms with van der Waals surface area (Å²) in [5.74, 6) is -0.706. The van der Waals surface area contributed by atoms with Crippen LogP contribution in [0.2, 0.25) is 0 Å². The molecule has 0 amide bonds. The summed E-state index contributed by atoms with van der Waals surface area (Å²) >= 11 is 0. The molecule has 0 bridgehead atoms. The zero-order valence-corrected chi connectivity index (χ0v) is 8.92. The van der Waals surface area contributed by atoms with Gasteiger partial charge in [0.2, 0.25) is 0 Å². The molecule has 1 atom stereocenters. The fraction of sp³-hybridized carbons (Fsp3) is 0.900. The van der Waals surface area contributed by atoms with E-state index in [1.807, 2.05) is 6.92 Å². The Morgan fingerprint density at radius 1 is 1.46 bits per heavy atom. The number of rotatable bonds is 7. The second-order valence-electron chi connectivity index (χ2n) is 3.43. The van der Waals surface area contributed by atoms with E-state index in [1.54, 1.807) is 0 Å². The van der Waals surface area contributed by atoms with Crippen molar-refractivity contribution in [1.82, 2.24) is 4.90 Å². The lowest BCUT2D eigenvalue weighted by Gasteiger charge is -2.26. The summed E-state index contributed by atoms with van der Waals surface area (Å²) in [6.07, 6.45) is 2.56. The van der Waals surface area contributed by atoms with Crippen LogP contribution in [-0.2, 0) is 4.79 Å². The predicted molar refractivity (Wildman–Crippen MR) is 53.9 cm³/mol. The minimum absolute atomic E-state index is 0.161. The number of carboxylic acids is 1. The van der Waals surface area contributed by atoms with E-state index in [2.05, 4.69) is 18.7 Å². The second kappa shape index (κ2) is 6.89. The maximum absolute atomic E-state index is 10.5. The van der Waals surface area contributed by atoms with Gasteiger partial charge in [-0.3, -0.25) is 4.79 Å². The van der Waals surface area contributed by atoms with E-state index in [0.29, 0.717) is 0 Å². The number of nitrogens with zero attached hydrogens (tertiary/aromatic N) is 1. The highest BCUT2D eigenvalue weighted by Gasteiger charge is 2.14. The summed E-state index contributed by atoms with van der Waals surface area (Å²) in [6.45, 7) is 8.16. The molecule has 0 radical (unpaired) electrons. The molecule has 1 unspecified atom stereocenters. The monoisotopic (exact) mass is 187 g/mol. The van der Waals surface area contributed by atoms with Gasteiger partial charge in [0.25, 0.3) is 0 Å². The van der Waals surface area contributed by atoms with Crippen molar-refractivity contribution in [2.45, 2.75) is 46.1 Å². The Bertz CT molecular complexity index is 148. The van der Waals surface area contributed by atoms with Gasteiger partial charge in [0.15, 0.2) is 0 Å². The Morgan fingerprint density at radius 3 is 2.46 bits per heavy atom. The van der Waals surface area contributed by atoms with Crippen LogP contribution in [0.5, 0.6) is 0 Å². The van der Waals surface area contributed by atoms with Crippen LogP contribution in [0.15, 0.2) is 0 Å². The Hall–Kier alpha value is -0.570. The van der Waals surface area contributed by atoms with Gasteiger partial charge in [0.1, 0.15) is 0 Å². The van der Waals surface area contributed by atoms with E-state index in [4.69, 9.17) is 5.11 Å². The molecule has 0 aromatic rings. The molecule has 0 aromatic heterocycles. The molecule has 0 heterocycles. The van der Waals surface area contributed by atoms with Crippen molar-refractivity contribution in [2.75, 3.05) is 13.1 Å². The van der Waals surface area contributed by atoms with E-state index in [1.165, 1.54) is 0 Å². The third kappa shape index (κ3) is 5.64. The molecule has 0 fully saturated rings. The van der Waals surface area contributed by atoms with Gasteiger partial charge in [0.05, 0.1) is 6.42 Å². The van der Waals surface area contributed by atoms with Crippen LogP contribution in [0.4, 0.5) is 0 Å². The van der Waals surface area contributed by atoms with Crippen molar-refractivity contribution in [2.24, 2.45) is 0 Å². The predicted octanol–water partition coefficient (Wildman–Crippen LogP) is 1.97. The van der Waals surface area contributed by atoms with Crippen LogP contribution in [0, 0.1) is 0 Å². The first-order chi connectivity index (χ1) is 6.11. The summed E-state index contributed by atoms with van der Waals surface area (Å²) in [4.78, 5) is 12.7. The average molecular weight is 187 g/mol. The topological polar surface area (TPSA) is 40.5 Å². The van der Waals surface area contributed by atoms with Gasteiger partial charge in [-0.2, -0.15) is 0 Å². The molecule has 1 N–H and O–H groups in total. The van der Waals surface area contributed by atoms with Crippen molar-refractivity contribution in [1.29, 1.82) is 0 Å². The zero-order valence-electron chi connectivity index (χ0n) is 8.92. The molecule has 0 rings (SSSR count). The van der Waals surface area contributed by atoms with Crippen molar-refractivity contribution in [3.63, 3.8) is 0 Å². The third-order valence-corrected chi connectivity index (χ3v) is 2.30. The lowest BCUT2D eigenvalue weighted by atomic mass is 10.2. The van der Waals surface area contributed by atoms with E-state index in [9.17, 15) is 4.79 Å². The van der Waals surface area contributed by atoms with Crippen LogP contribution in [0.25, 0.3) is 0 Å². The highest BCUT2D eigenvalue weighted by atomic mass is 16.4. The minimum atomic E-state index is -0.706. The Labute approximate surface area is 80.7 Å². The van der Waals surface area contributed by atoms with Gasteiger partial charge in [-0.15, -0.1) is 0 Å². The maximum atomic E-state index is 10.5. The first kappa shape index (κ1) is 12.4. The van der Waals surface area contributed by atoms with Crippen LogP contribution < -0.4 is 0 Å². The summed E-state index contributed by atoms with van der Waals surface area (Å²) in [6, 6.07) is 0.161. The number of carboxylic acid groups (broad SMARTS) is 1. The largest absolute Gasteiger partial charge is 0.481 e. The number of aliphatic carboxylic acids is 1. The van der Waals surface area contributed by atoms with E-state index < -0.39 is 5.97 Å². The number of hydrogen-bond donors (Lipinski definition) is 1. The molecule has 3 heteroatoms. The summed E-state index contributed by atoms with van der Waals surface area (Å²) in [5, 5.41) is 8.63. The fourth-order valence-corrected chi connectivity index (χ4v) is 1.43. The van der Waals surface area contributed by atoms with Crippen LogP contribution >= 0.6 is 0 Å². The summed E-state index contributed by atoms with van der Waals surface area (Å²) in [7, 11) is 0. The van der Waals surface area contributed by atoms with E-state index in [0.717, 1.165) is 25.9 Å². The first-order valence-corrected chi connectivity index (χ1v) is 5.07. The minimum Gasteiger partial charge on any atom is -0.481 e. The molecule has 0 aliphatic heterocycles. The molecule has 13 heavy (non-hydrogen) atoms. The quantitative estimate of drug-likeness (QED) is 0.662. The highest BCUT2D eigenvalue weighted by Crippen LogP contribution is 2.05. The van der Waals surface area contributed by atoms with Crippen molar-refractivity contribution in [3.05, 3.63) is 0 Å². The lowest BCUT2D eigenvalue weighted by molar-refractivity contribution is -0.138. The molecule has 0 aromatic carbocycles. The lowest BCUT2D eigenvalue weighted by Crippen LogP contribution is -2.35. The van der Waals surface area contributed by atoms with Crippen LogP contribution in [0.1, 0.15) is 40.0 Å². The van der Waals surface area contributed by atoms with Crippen molar-refractivity contribution < 1.29 is 9.90 Å². The second-order valence-corrected chi connectivity index (χ2v) is 3.43.